The Kier molecular flexibility index (Phi) is 6.78. The largest absolute Gasteiger partial charge is 0.495 e. The molecule has 2 N–H and O–H groups in total. The van der Waals surface area contributed by atoms with Crippen LogP contribution in [0.5, 0.6) is 5.75 Å². The summed E-state index contributed by atoms with van der Waals surface area (Å²) < 4.78 is 38.3. The first-order chi connectivity index (χ1) is 14.6. The van der Waals surface area contributed by atoms with Gasteiger partial charge in [0.05, 0.1) is 39.9 Å². The quantitative estimate of drug-likeness (QED) is 0.508. The van der Waals surface area contributed by atoms with Crippen molar-refractivity contribution in [2.75, 3.05) is 17.1 Å². The first kappa shape index (κ1) is 22.9. The number of ether oxygens (including phenoxy) is 1. The van der Waals surface area contributed by atoms with Crippen molar-refractivity contribution in [3.8, 4) is 5.75 Å². The Bertz CT molecular complexity index is 1220. The minimum Gasteiger partial charge on any atom is -0.495 e. The van der Waals surface area contributed by atoms with Crippen LogP contribution in [0.2, 0.25) is 10.0 Å². The maximum Gasteiger partial charge on any atom is 0.262 e. The van der Waals surface area contributed by atoms with Crippen molar-refractivity contribution in [1.82, 2.24) is 5.16 Å². The molecular formula is C20H19Cl2N3O5S. The van der Waals surface area contributed by atoms with Crippen LogP contribution in [-0.2, 0) is 21.2 Å². The molecule has 3 rings (SSSR count). The Balaban J connectivity index is 1.83. The molecule has 11 heteroatoms. The highest BCUT2D eigenvalue weighted by atomic mass is 35.5. The average Bonchev–Trinajstić information content (AvgIpc) is 3.02. The summed E-state index contributed by atoms with van der Waals surface area (Å²) in [5.41, 5.74) is 1.86. The molecule has 8 nitrogen and oxygen atoms in total. The number of amides is 1. The number of methoxy groups -OCH3 is 1. The molecule has 0 radical (unpaired) electrons. The van der Waals surface area contributed by atoms with Gasteiger partial charge in [0, 0.05) is 11.3 Å². The molecule has 3 aromatic rings. The lowest BCUT2D eigenvalue weighted by atomic mass is 10.1. The summed E-state index contributed by atoms with van der Waals surface area (Å²) in [5.74, 6) is 0.530. The van der Waals surface area contributed by atoms with E-state index in [4.69, 9.17) is 32.5 Å². The maximum absolute atomic E-state index is 12.8. The molecule has 1 aromatic heterocycles. The first-order valence-electron chi connectivity index (χ1n) is 8.98. The Hall–Kier alpha value is -2.75. The van der Waals surface area contributed by atoms with Gasteiger partial charge in [-0.3, -0.25) is 9.52 Å². The predicted octanol–water partition coefficient (Wildman–Crippen LogP) is 4.59. The number of sulfonamides is 1. The van der Waals surface area contributed by atoms with Crippen molar-refractivity contribution in [3.05, 3.63) is 63.5 Å². The van der Waals surface area contributed by atoms with Crippen molar-refractivity contribution in [1.29, 1.82) is 0 Å². The lowest BCUT2D eigenvalue weighted by molar-refractivity contribution is -0.115. The molecule has 0 saturated heterocycles. The van der Waals surface area contributed by atoms with E-state index in [2.05, 4.69) is 15.2 Å². The predicted molar refractivity (Wildman–Crippen MR) is 119 cm³/mol. The molecule has 1 amide bonds. The summed E-state index contributed by atoms with van der Waals surface area (Å²) in [6, 6.07) is 8.56. The third-order valence-corrected chi connectivity index (χ3v) is 6.55. The van der Waals surface area contributed by atoms with Crippen LogP contribution in [0.25, 0.3) is 0 Å². The van der Waals surface area contributed by atoms with Crippen LogP contribution in [0.4, 0.5) is 11.4 Å². The zero-order valence-corrected chi connectivity index (χ0v) is 19.2. The second kappa shape index (κ2) is 9.17. The van der Waals surface area contributed by atoms with Gasteiger partial charge in [0.15, 0.2) is 0 Å². The molecule has 0 unspecified atom stereocenters. The maximum atomic E-state index is 12.8. The van der Waals surface area contributed by atoms with Gasteiger partial charge in [-0.2, -0.15) is 0 Å². The van der Waals surface area contributed by atoms with E-state index < -0.39 is 10.0 Å². The lowest BCUT2D eigenvalue weighted by Crippen LogP contribution is -2.16. The monoisotopic (exact) mass is 483 g/mol. The van der Waals surface area contributed by atoms with E-state index in [9.17, 15) is 13.2 Å². The number of anilines is 2. The van der Waals surface area contributed by atoms with Gasteiger partial charge in [-0.05, 0) is 50.2 Å². The van der Waals surface area contributed by atoms with Gasteiger partial charge < -0.3 is 14.6 Å². The average molecular weight is 484 g/mol. The zero-order chi connectivity index (χ0) is 22.8. The summed E-state index contributed by atoms with van der Waals surface area (Å²) in [5, 5.41) is 6.90. The second-order valence-corrected chi connectivity index (χ2v) is 9.12. The van der Waals surface area contributed by atoms with Crippen LogP contribution in [0.1, 0.15) is 17.0 Å². The van der Waals surface area contributed by atoms with Crippen LogP contribution >= 0.6 is 23.2 Å². The molecule has 0 aliphatic carbocycles. The SMILES string of the molecule is COc1ccc(NC(=O)Cc2c(C)noc2C)cc1NS(=O)(=O)c1ccc(Cl)c(Cl)c1. The second-order valence-electron chi connectivity index (χ2n) is 6.62. The molecule has 0 saturated carbocycles. The number of aromatic nitrogens is 1. The minimum atomic E-state index is -3.99. The molecule has 2 aromatic carbocycles. The van der Waals surface area contributed by atoms with Gasteiger partial charge in [0.1, 0.15) is 11.5 Å². The van der Waals surface area contributed by atoms with Gasteiger partial charge in [-0.15, -0.1) is 0 Å². The van der Waals surface area contributed by atoms with Gasteiger partial charge in [0.2, 0.25) is 5.91 Å². The van der Waals surface area contributed by atoms with Gasteiger partial charge in [-0.25, -0.2) is 8.42 Å². The first-order valence-corrected chi connectivity index (χ1v) is 11.2. The Morgan fingerprint density at radius 2 is 1.87 bits per heavy atom. The van der Waals surface area contributed by atoms with Crippen LogP contribution in [0, 0.1) is 13.8 Å². The summed E-state index contributed by atoms with van der Waals surface area (Å²) in [7, 11) is -2.58. The minimum absolute atomic E-state index is 0.0670. The van der Waals surface area contributed by atoms with Crippen molar-refractivity contribution in [2.24, 2.45) is 0 Å². The van der Waals surface area contributed by atoms with Crippen LogP contribution < -0.4 is 14.8 Å². The highest BCUT2D eigenvalue weighted by Gasteiger charge is 2.19. The molecule has 164 valence electrons. The molecule has 0 atom stereocenters. The Labute approximate surface area is 189 Å². The van der Waals surface area contributed by atoms with E-state index >= 15 is 0 Å². The Morgan fingerprint density at radius 1 is 1.13 bits per heavy atom. The van der Waals surface area contributed by atoms with Crippen molar-refractivity contribution < 1.29 is 22.5 Å². The van der Waals surface area contributed by atoms with Crippen molar-refractivity contribution in [2.45, 2.75) is 25.2 Å². The number of aryl methyl sites for hydroxylation is 2. The van der Waals surface area contributed by atoms with E-state index in [1.807, 2.05) is 0 Å². The molecular weight excluding hydrogens is 465 g/mol. The number of halogens is 2. The van der Waals surface area contributed by atoms with E-state index in [1.165, 1.54) is 37.4 Å². The topological polar surface area (TPSA) is 111 Å². The standard InChI is InChI=1S/C20H19Cl2N3O5S/c1-11-15(12(2)30-24-11)10-20(26)23-13-4-7-19(29-3)18(8-13)25-31(27,28)14-5-6-16(21)17(22)9-14/h4-9,25H,10H2,1-3H3,(H,23,26). The molecule has 0 aliphatic heterocycles. The number of hydrogen-bond acceptors (Lipinski definition) is 6. The molecule has 0 fully saturated rings. The third kappa shape index (κ3) is 5.30. The molecule has 1 heterocycles. The third-order valence-electron chi connectivity index (χ3n) is 4.45. The van der Waals surface area contributed by atoms with Crippen molar-refractivity contribution >= 4 is 50.5 Å². The Morgan fingerprint density at radius 3 is 2.48 bits per heavy atom. The number of nitrogens with one attached hydrogen (secondary N) is 2. The van der Waals surface area contributed by atoms with Crippen LogP contribution in [0.3, 0.4) is 0 Å². The number of rotatable bonds is 7. The zero-order valence-electron chi connectivity index (χ0n) is 16.8. The van der Waals surface area contributed by atoms with E-state index in [0.29, 0.717) is 22.7 Å². The number of benzene rings is 2. The summed E-state index contributed by atoms with van der Waals surface area (Å²) in [6.07, 6.45) is 0.0670. The lowest BCUT2D eigenvalue weighted by Gasteiger charge is -2.14. The van der Waals surface area contributed by atoms with Crippen molar-refractivity contribution in [3.63, 3.8) is 0 Å². The normalized spacial score (nSPS) is 11.3. The molecule has 31 heavy (non-hydrogen) atoms. The highest BCUT2D eigenvalue weighted by Crippen LogP contribution is 2.31. The fourth-order valence-corrected chi connectivity index (χ4v) is 4.28. The summed E-state index contributed by atoms with van der Waals surface area (Å²) in [6.45, 7) is 3.48. The van der Waals surface area contributed by atoms with E-state index in [0.717, 1.165) is 0 Å². The number of hydrogen-bond donors (Lipinski definition) is 2. The number of carbonyl (C=O) groups excluding carboxylic acids is 1. The van der Waals surface area contributed by atoms with Gasteiger partial charge in [-0.1, -0.05) is 28.4 Å². The van der Waals surface area contributed by atoms with Crippen LogP contribution in [-0.4, -0.2) is 26.6 Å². The van der Waals surface area contributed by atoms with E-state index in [-0.39, 0.29) is 38.7 Å². The molecule has 0 spiro atoms. The number of nitrogens with zero attached hydrogens (tertiary/aromatic N) is 1. The van der Waals surface area contributed by atoms with Crippen LogP contribution in [0.15, 0.2) is 45.8 Å². The van der Waals surface area contributed by atoms with E-state index in [1.54, 1.807) is 19.9 Å². The molecule has 0 aliphatic rings. The smallest absolute Gasteiger partial charge is 0.262 e. The summed E-state index contributed by atoms with van der Waals surface area (Å²) >= 11 is 11.8. The highest BCUT2D eigenvalue weighted by molar-refractivity contribution is 7.92. The van der Waals surface area contributed by atoms with Gasteiger partial charge in [0.25, 0.3) is 10.0 Å². The number of carbonyl (C=O) groups is 1. The fraction of sp³-hybridized carbons (Fsp3) is 0.200. The molecule has 0 bridgehead atoms. The van der Waals surface area contributed by atoms with Gasteiger partial charge >= 0.3 is 0 Å². The fourth-order valence-electron chi connectivity index (χ4n) is 2.83. The summed E-state index contributed by atoms with van der Waals surface area (Å²) in [4.78, 5) is 12.4.